The molecule has 0 saturated carbocycles. The van der Waals surface area contributed by atoms with Crippen LogP contribution in [0.4, 0.5) is 0 Å². The lowest BCUT2D eigenvalue weighted by Crippen LogP contribution is -2.40. The number of aromatic nitrogens is 2. The minimum Gasteiger partial charge on any atom is -0.488 e. The second kappa shape index (κ2) is 7.95. The van der Waals surface area contributed by atoms with Crippen molar-refractivity contribution < 1.29 is 9.53 Å². The van der Waals surface area contributed by atoms with Crippen LogP contribution in [0.15, 0.2) is 24.3 Å². The fourth-order valence-corrected chi connectivity index (χ4v) is 4.72. The molecule has 1 saturated heterocycles. The van der Waals surface area contributed by atoms with E-state index in [0.717, 1.165) is 47.4 Å². The minimum atomic E-state index is -0.111. The molecule has 2 unspecified atom stereocenters. The van der Waals surface area contributed by atoms with Crippen LogP contribution in [-0.4, -0.2) is 46.8 Å². The minimum absolute atomic E-state index is 0.111. The van der Waals surface area contributed by atoms with Crippen LogP contribution in [0, 0.1) is 11.8 Å². The normalized spacial score (nSPS) is 21.5. The highest BCUT2D eigenvalue weighted by atomic mass is 16.5. The lowest BCUT2D eigenvalue weighted by Gasteiger charge is -2.34. The predicted molar refractivity (Wildman–Crippen MR) is 109 cm³/mol. The van der Waals surface area contributed by atoms with Crippen molar-refractivity contribution in [2.24, 2.45) is 18.9 Å². The number of ether oxygens (including phenoxy) is 1. The van der Waals surface area contributed by atoms with Gasteiger partial charge in [0, 0.05) is 37.8 Å². The van der Waals surface area contributed by atoms with Gasteiger partial charge in [-0.15, -0.1) is 0 Å². The number of hydrogen-bond donors (Lipinski definition) is 1. The molecule has 28 heavy (non-hydrogen) atoms. The van der Waals surface area contributed by atoms with Gasteiger partial charge in [0.2, 0.25) is 0 Å². The Morgan fingerprint density at radius 3 is 2.79 bits per heavy atom. The van der Waals surface area contributed by atoms with Crippen LogP contribution < -0.4 is 10.1 Å². The molecule has 2 aromatic rings. The number of fused-ring (bicyclic) bond motifs is 3. The summed E-state index contributed by atoms with van der Waals surface area (Å²) in [5.41, 5.74) is 3.32. The molecule has 4 rings (SSSR count). The molecule has 0 radical (unpaired) electrons. The first-order chi connectivity index (χ1) is 13.5. The van der Waals surface area contributed by atoms with Gasteiger partial charge in [-0.25, -0.2) is 0 Å². The third kappa shape index (κ3) is 3.78. The molecule has 150 valence electrons. The zero-order chi connectivity index (χ0) is 19.7. The van der Waals surface area contributed by atoms with Crippen molar-refractivity contribution in [3.05, 3.63) is 35.5 Å². The van der Waals surface area contributed by atoms with Gasteiger partial charge >= 0.3 is 0 Å². The number of rotatable bonds is 5. The van der Waals surface area contributed by atoms with Crippen molar-refractivity contribution in [2.75, 3.05) is 26.2 Å². The monoisotopic (exact) mass is 382 g/mol. The third-order valence-corrected chi connectivity index (χ3v) is 5.76. The number of likely N-dealkylation sites (tertiary alicyclic amines) is 1. The first-order valence-electron chi connectivity index (χ1n) is 10.3. The molecule has 3 heterocycles. The quantitative estimate of drug-likeness (QED) is 0.808. The molecule has 2 aliphatic heterocycles. The van der Waals surface area contributed by atoms with Gasteiger partial charge in [-0.3, -0.25) is 9.48 Å². The van der Waals surface area contributed by atoms with Crippen molar-refractivity contribution in [1.82, 2.24) is 20.0 Å². The van der Waals surface area contributed by atoms with E-state index in [9.17, 15) is 4.79 Å². The van der Waals surface area contributed by atoms with E-state index < -0.39 is 0 Å². The van der Waals surface area contributed by atoms with Crippen LogP contribution in [-0.2, 0) is 13.7 Å². The highest BCUT2D eigenvalue weighted by molar-refractivity contribution is 5.96. The highest BCUT2D eigenvalue weighted by Gasteiger charge is 2.28. The van der Waals surface area contributed by atoms with Crippen molar-refractivity contribution in [2.45, 2.75) is 33.3 Å². The molecule has 1 N–H and O–H groups in total. The van der Waals surface area contributed by atoms with Gasteiger partial charge in [-0.2, -0.15) is 5.10 Å². The number of para-hydroxylation sites is 1. The molecule has 2 aliphatic rings. The number of hydrogen-bond acceptors (Lipinski definition) is 4. The van der Waals surface area contributed by atoms with Crippen molar-refractivity contribution in [3.63, 3.8) is 0 Å². The zero-order valence-corrected chi connectivity index (χ0v) is 17.1. The lowest BCUT2D eigenvalue weighted by molar-refractivity contribution is 0.0939. The highest BCUT2D eigenvalue weighted by Crippen LogP contribution is 2.38. The SMILES string of the molecule is CC1CC(C)CN(CCCNC(=O)c2nn(C)c3c2COc2ccccc2-3)C1. The van der Waals surface area contributed by atoms with E-state index in [4.69, 9.17) is 4.74 Å². The summed E-state index contributed by atoms with van der Waals surface area (Å²) in [5.74, 6) is 2.26. The van der Waals surface area contributed by atoms with Crippen LogP contribution in [0.2, 0.25) is 0 Å². The number of amides is 1. The number of carbonyl (C=O) groups is 1. The topological polar surface area (TPSA) is 59.4 Å². The van der Waals surface area contributed by atoms with Gasteiger partial charge in [-0.1, -0.05) is 26.0 Å². The molecule has 0 aliphatic carbocycles. The Labute approximate surface area is 166 Å². The Kier molecular flexibility index (Phi) is 5.40. The first-order valence-corrected chi connectivity index (χ1v) is 10.3. The van der Waals surface area contributed by atoms with Gasteiger partial charge < -0.3 is 15.0 Å². The largest absolute Gasteiger partial charge is 0.488 e. The second-order valence-corrected chi connectivity index (χ2v) is 8.40. The standard InChI is InChI=1S/C22H30N4O2/c1-15-11-16(2)13-26(12-15)10-6-9-23-22(27)20-18-14-28-19-8-5-4-7-17(19)21(18)25(3)24-20/h4-5,7-8,15-16H,6,9-14H2,1-3H3,(H,23,27). The summed E-state index contributed by atoms with van der Waals surface area (Å²) >= 11 is 0. The molecule has 0 bridgehead atoms. The molecule has 6 nitrogen and oxygen atoms in total. The number of nitrogens with one attached hydrogen (secondary N) is 1. The average Bonchev–Trinajstić information content (AvgIpc) is 3.01. The first kappa shape index (κ1) is 19.0. The Hall–Kier alpha value is -2.34. The van der Waals surface area contributed by atoms with Crippen LogP contribution in [0.1, 0.15) is 42.7 Å². The summed E-state index contributed by atoms with van der Waals surface area (Å²) in [4.78, 5) is 15.3. The maximum atomic E-state index is 12.7. The summed E-state index contributed by atoms with van der Waals surface area (Å²) in [7, 11) is 1.89. The lowest BCUT2D eigenvalue weighted by atomic mass is 9.92. The average molecular weight is 383 g/mol. The van der Waals surface area contributed by atoms with E-state index in [1.807, 2.05) is 31.3 Å². The van der Waals surface area contributed by atoms with Gasteiger partial charge in [0.1, 0.15) is 12.4 Å². The second-order valence-electron chi connectivity index (χ2n) is 8.40. The van der Waals surface area contributed by atoms with Gasteiger partial charge in [0.15, 0.2) is 5.69 Å². The molecule has 1 amide bonds. The van der Waals surface area contributed by atoms with Crippen molar-refractivity contribution >= 4 is 5.91 Å². The Bertz CT molecular complexity index is 850. The molecule has 1 aromatic heterocycles. The Morgan fingerprint density at radius 1 is 1.25 bits per heavy atom. The van der Waals surface area contributed by atoms with E-state index >= 15 is 0 Å². The van der Waals surface area contributed by atoms with Crippen molar-refractivity contribution in [3.8, 4) is 17.0 Å². The molecule has 1 aromatic carbocycles. The van der Waals surface area contributed by atoms with E-state index in [2.05, 4.69) is 29.2 Å². The summed E-state index contributed by atoms with van der Waals surface area (Å²) in [6.45, 7) is 9.08. The van der Waals surface area contributed by atoms with Crippen LogP contribution in [0.3, 0.4) is 0 Å². The number of nitrogens with zero attached hydrogens (tertiary/aromatic N) is 3. The Morgan fingerprint density at radius 2 is 2.00 bits per heavy atom. The molecule has 1 fully saturated rings. The summed E-state index contributed by atoms with van der Waals surface area (Å²) in [6.07, 6.45) is 2.28. The number of benzene rings is 1. The van der Waals surface area contributed by atoms with Gasteiger partial charge in [0.05, 0.1) is 5.69 Å². The fourth-order valence-electron chi connectivity index (χ4n) is 4.72. The van der Waals surface area contributed by atoms with Gasteiger partial charge in [0.25, 0.3) is 5.91 Å². The zero-order valence-electron chi connectivity index (χ0n) is 17.1. The third-order valence-electron chi connectivity index (χ3n) is 5.76. The van der Waals surface area contributed by atoms with E-state index in [-0.39, 0.29) is 5.91 Å². The van der Waals surface area contributed by atoms with E-state index in [0.29, 0.717) is 18.8 Å². The molecule has 6 heteroatoms. The van der Waals surface area contributed by atoms with Crippen LogP contribution in [0.5, 0.6) is 5.75 Å². The predicted octanol–water partition coefficient (Wildman–Crippen LogP) is 3.08. The summed E-state index contributed by atoms with van der Waals surface area (Å²) in [6, 6.07) is 7.90. The van der Waals surface area contributed by atoms with E-state index in [1.54, 1.807) is 4.68 Å². The molecule has 2 atom stereocenters. The van der Waals surface area contributed by atoms with E-state index in [1.165, 1.54) is 19.5 Å². The Balaban J connectivity index is 1.36. The summed E-state index contributed by atoms with van der Waals surface area (Å²) < 4.78 is 7.63. The van der Waals surface area contributed by atoms with Crippen molar-refractivity contribution in [1.29, 1.82) is 0 Å². The number of carbonyl (C=O) groups excluding carboxylic acids is 1. The molecular weight excluding hydrogens is 352 g/mol. The molecule has 0 spiro atoms. The fraction of sp³-hybridized carbons (Fsp3) is 0.545. The summed E-state index contributed by atoms with van der Waals surface area (Å²) in [5, 5.41) is 7.55. The number of aryl methyl sites for hydroxylation is 1. The maximum Gasteiger partial charge on any atom is 0.272 e. The molecular formula is C22H30N4O2. The van der Waals surface area contributed by atoms with Gasteiger partial charge in [-0.05, 0) is 43.4 Å². The smallest absolute Gasteiger partial charge is 0.272 e. The number of piperidine rings is 1. The maximum absolute atomic E-state index is 12.7. The van der Waals surface area contributed by atoms with Crippen LogP contribution >= 0.6 is 0 Å². The van der Waals surface area contributed by atoms with Crippen LogP contribution in [0.25, 0.3) is 11.3 Å².